The van der Waals surface area contributed by atoms with E-state index in [0.29, 0.717) is 27.9 Å². The number of carbonyl (C=O) groups excluding carboxylic acids is 1. The minimum Gasteiger partial charge on any atom is -0.324 e. The van der Waals surface area contributed by atoms with Crippen molar-refractivity contribution in [2.75, 3.05) is 16.8 Å². The van der Waals surface area contributed by atoms with Crippen LogP contribution < -0.4 is 5.32 Å². The molecule has 0 bridgehead atoms. The third kappa shape index (κ3) is 5.31. The van der Waals surface area contributed by atoms with E-state index in [0.717, 1.165) is 14.4 Å². The Kier molecular flexibility index (Phi) is 7.30. The predicted molar refractivity (Wildman–Crippen MR) is 96.7 cm³/mol. The molecule has 0 saturated heterocycles. The van der Waals surface area contributed by atoms with Crippen molar-refractivity contribution in [3.05, 3.63) is 28.2 Å². The Balaban J connectivity index is 1.80. The van der Waals surface area contributed by atoms with Crippen molar-refractivity contribution in [3.8, 4) is 0 Å². The fraction of sp³-hybridized carbons (Fsp3) is 0.308. The summed E-state index contributed by atoms with van der Waals surface area (Å²) in [5.74, 6) is 1.47. The zero-order valence-electron chi connectivity index (χ0n) is 11.6. The molecular formula is C13H13Cl2N3OS3. The Hall–Kier alpha value is -0.470. The molecule has 0 unspecified atom stereocenters. The van der Waals surface area contributed by atoms with Gasteiger partial charge in [0.1, 0.15) is 0 Å². The van der Waals surface area contributed by atoms with Crippen LogP contribution in [-0.2, 0) is 4.79 Å². The molecule has 4 nitrogen and oxygen atoms in total. The molecule has 2 aromatic rings. The highest BCUT2D eigenvalue weighted by Crippen LogP contribution is 2.31. The van der Waals surface area contributed by atoms with Gasteiger partial charge in [-0.25, -0.2) is 0 Å². The van der Waals surface area contributed by atoms with Gasteiger partial charge in [-0.1, -0.05) is 71.1 Å². The molecule has 0 aliphatic carbocycles. The highest BCUT2D eigenvalue weighted by molar-refractivity contribution is 8.03. The molecule has 1 N–H and O–H groups in total. The maximum atomic E-state index is 11.9. The van der Waals surface area contributed by atoms with E-state index >= 15 is 0 Å². The van der Waals surface area contributed by atoms with Crippen LogP contribution in [0.15, 0.2) is 26.9 Å². The van der Waals surface area contributed by atoms with E-state index in [4.69, 9.17) is 23.2 Å². The second-order valence-corrected chi connectivity index (χ2v) is 8.66. The minimum atomic E-state index is -0.129. The topological polar surface area (TPSA) is 54.9 Å². The molecule has 0 spiro atoms. The van der Waals surface area contributed by atoms with Crippen LogP contribution in [0.4, 0.5) is 5.69 Å². The van der Waals surface area contributed by atoms with Gasteiger partial charge in [0, 0.05) is 12.2 Å². The first-order valence-electron chi connectivity index (χ1n) is 6.43. The average Bonchev–Trinajstić information content (AvgIpc) is 2.91. The number of hydrogen-bond acceptors (Lipinski definition) is 6. The minimum absolute atomic E-state index is 0.129. The van der Waals surface area contributed by atoms with Crippen LogP contribution >= 0.6 is 58.1 Å². The van der Waals surface area contributed by atoms with E-state index in [1.165, 1.54) is 11.8 Å². The number of nitrogens with zero attached hydrogens (tertiary/aromatic N) is 2. The van der Waals surface area contributed by atoms with Gasteiger partial charge in [-0.2, -0.15) is 0 Å². The lowest BCUT2D eigenvalue weighted by Gasteiger charge is -2.08. The summed E-state index contributed by atoms with van der Waals surface area (Å²) >= 11 is 16.8. The van der Waals surface area contributed by atoms with Gasteiger partial charge < -0.3 is 5.32 Å². The molecule has 9 heteroatoms. The zero-order chi connectivity index (χ0) is 15.9. The molecule has 2 rings (SSSR count). The summed E-state index contributed by atoms with van der Waals surface area (Å²) in [7, 11) is 0. The molecule has 0 aliphatic heterocycles. The first kappa shape index (κ1) is 17.9. The Morgan fingerprint density at radius 1 is 1.23 bits per heavy atom. The van der Waals surface area contributed by atoms with E-state index in [9.17, 15) is 4.79 Å². The Labute approximate surface area is 151 Å². The average molecular weight is 394 g/mol. The summed E-state index contributed by atoms with van der Waals surface area (Å²) in [4.78, 5) is 11.9. The van der Waals surface area contributed by atoms with Crippen molar-refractivity contribution >= 4 is 69.7 Å². The van der Waals surface area contributed by atoms with Gasteiger partial charge in [0.25, 0.3) is 0 Å². The van der Waals surface area contributed by atoms with E-state index < -0.39 is 0 Å². The van der Waals surface area contributed by atoms with Crippen molar-refractivity contribution < 1.29 is 4.79 Å². The highest BCUT2D eigenvalue weighted by Gasteiger charge is 2.10. The molecule has 118 valence electrons. The maximum absolute atomic E-state index is 11.9. The van der Waals surface area contributed by atoms with Crippen LogP contribution in [-0.4, -0.2) is 27.6 Å². The second-order valence-electron chi connectivity index (χ2n) is 4.01. The van der Waals surface area contributed by atoms with Crippen molar-refractivity contribution in [2.45, 2.75) is 22.0 Å². The van der Waals surface area contributed by atoms with Crippen LogP contribution in [0.2, 0.25) is 10.0 Å². The Morgan fingerprint density at radius 3 is 2.50 bits per heavy atom. The molecule has 22 heavy (non-hydrogen) atoms. The van der Waals surface area contributed by atoms with Crippen molar-refractivity contribution in [1.29, 1.82) is 0 Å². The lowest BCUT2D eigenvalue weighted by molar-refractivity contribution is -0.115. The molecule has 0 aliphatic rings. The van der Waals surface area contributed by atoms with Crippen LogP contribution in [0.3, 0.4) is 0 Å². The molecular weight excluding hydrogens is 381 g/mol. The summed E-state index contributed by atoms with van der Waals surface area (Å²) < 4.78 is 1.83. The molecule has 0 fully saturated rings. The summed E-state index contributed by atoms with van der Waals surface area (Å²) in [5, 5.41) is 11.7. The standard InChI is InChI=1S/C13H13Cl2N3OS3/c1-2-20-12-17-18-13(22-12)21-7-6-10(19)16-11-8(14)4-3-5-9(11)15/h3-5H,2,6-7H2,1H3,(H,16,19). The van der Waals surface area contributed by atoms with Gasteiger partial charge in [0.15, 0.2) is 8.68 Å². The van der Waals surface area contributed by atoms with E-state index in [-0.39, 0.29) is 5.91 Å². The van der Waals surface area contributed by atoms with Crippen molar-refractivity contribution in [2.24, 2.45) is 0 Å². The number of hydrogen-bond donors (Lipinski definition) is 1. The number of carbonyl (C=O) groups is 1. The SMILES string of the molecule is CCSc1nnc(SCCC(=O)Nc2c(Cl)cccc2Cl)s1. The fourth-order valence-electron chi connectivity index (χ4n) is 1.49. The van der Waals surface area contributed by atoms with E-state index in [1.807, 2.05) is 0 Å². The molecule has 1 heterocycles. The number of thioether (sulfide) groups is 2. The van der Waals surface area contributed by atoms with Crippen LogP contribution in [0.5, 0.6) is 0 Å². The number of halogens is 2. The molecule has 1 amide bonds. The van der Waals surface area contributed by atoms with Crippen molar-refractivity contribution in [1.82, 2.24) is 10.2 Å². The Bertz CT molecular complexity index is 631. The normalized spacial score (nSPS) is 10.7. The largest absolute Gasteiger partial charge is 0.324 e. The number of para-hydroxylation sites is 1. The highest BCUT2D eigenvalue weighted by atomic mass is 35.5. The zero-order valence-corrected chi connectivity index (χ0v) is 15.6. The summed E-state index contributed by atoms with van der Waals surface area (Å²) in [5.41, 5.74) is 0.457. The molecule has 1 aromatic heterocycles. The van der Waals surface area contributed by atoms with Crippen molar-refractivity contribution in [3.63, 3.8) is 0 Å². The van der Waals surface area contributed by atoms with Gasteiger partial charge in [-0.3, -0.25) is 4.79 Å². The second kappa shape index (κ2) is 8.98. The van der Waals surface area contributed by atoms with Crippen LogP contribution in [0.25, 0.3) is 0 Å². The third-order valence-corrected chi connectivity index (χ3v) is 6.14. The number of aromatic nitrogens is 2. The lowest BCUT2D eigenvalue weighted by atomic mass is 10.3. The van der Waals surface area contributed by atoms with Gasteiger partial charge in [0.2, 0.25) is 5.91 Å². The summed E-state index contributed by atoms with van der Waals surface area (Å²) in [6, 6.07) is 5.11. The summed E-state index contributed by atoms with van der Waals surface area (Å²) in [6.07, 6.45) is 0.349. The number of amides is 1. The smallest absolute Gasteiger partial charge is 0.225 e. The van der Waals surface area contributed by atoms with Gasteiger partial charge in [0.05, 0.1) is 15.7 Å². The third-order valence-electron chi connectivity index (χ3n) is 2.44. The van der Waals surface area contributed by atoms with E-state index in [1.54, 1.807) is 41.3 Å². The Morgan fingerprint density at radius 2 is 1.86 bits per heavy atom. The molecule has 0 saturated carbocycles. The number of nitrogens with one attached hydrogen (secondary N) is 1. The van der Waals surface area contributed by atoms with Gasteiger partial charge in [-0.05, 0) is 17.9 Å². The van der Waals surface area contributed by atoms with Gasteiger partial charge >= 0.3 is 0 Å². The molecule has 0 radical (unpaired) electrons. The van der Waals surface area contributed by atoms with Crippen LogP contribution in [0.1, 0.15) is 13.3 Å². The number of anilines is 1. The molecule has 1 aromatic carbocycles. The quantitative estimate of drug-likeness (QED) is 0.664. The lowest BCUT2D eigenvalue weighted by Crippen LogP contribution is -2.12. The number of benzene rings is 1. The maximum Gasteiger partial charge on any atom is 0.225 e. The summed E-state index contributed by atoms with van der Waals surface area (Å²) in [6.45, 7) is 2.07. The predicted octanol–water partition coefficient (Wildman–Crippen LogP) is 5.08. The van der Waals surface area contributed by atoms with Gasteiger partial charge in [-0.15, -0.1) is 10.2 Å². The number of rotatable bonds is 7. The van der Waals surface area contributed by atoms with Crippen LogP contribution in [0, 0.1) is 0 Å². The first-order valence-corrected chi connectivity index (χ1v) is 9.97. The first-order chi connectivity index (χ1) is 10.6. The fourth-order valence-corrected chi connectivity index (χ4v) is 4.91. The molecule has 0 atom stereocenters. The monoisotopic (exact) mass is 393 g/mol. The van der Waals surface area contributed by atoms with E-state index in [2.05, 4.69) is 22.4 Å².